The van der Waals surface area contributed by atoms with Crippen molar-refractivity contribution in [2.75, 3.05) is 0 Å². The zero-order valence-electron chi connectivity index (χ0n) is 29.6. The third kappa shape index (κ3) is 12.0. The molecule has 6 aromatic carbocycles. The average Bonchev–Trinajstić information content (AvgIpc) is 3.08. The highest BCUT2D eigenvalue weighted by molar-refractivity contribution is 5.51. The van der Waals surface area contributed by atoms with E-state index in [1.165, 1.54) is 0 Å². The molecule has 0 atom stereocenters. The van der Waals surface area contributed by atoms with E-state index in [4.69, 9.17) is 15.3 Å². The maximum atomic E-state index is 10.8. The van der Waals surface area contributed by atoms with E-state index in [1.807, 2.05) is 133 Å². The van der Waals surface area contributed by atoms with E-state index in [2.05, 4.69) is 0 Å². The Bertz CT molecular complexity index is 1760. The van der Waals surface area contributed by atoms with Gasteiger partial charge < -0.3 is 30.6 Å². The van der Waals surface area contributed by atoms with Crippen molar-refractivity contribution in [3.63, 3.8) is 0 Å². The van der Waals surface area contributed by atoms with Crippen LogP contribution < -0.4 is 0 Å². The summed E-state index contributed by atoms with van der Waals surface area (Å²) in [6, 6.07) is 36.6. The van der Waals surface area contributed by atoms with Crippen LogP contribution in [0.15, 0.2) is 121 Å². The Morgan fingerprint density at radius 3 is 0.900 bits per heavy atom. The summed E-state index contributed by atoms with van der Waals surface area (Å²) in [6.45, 7) is 11.6. The molecule has 0 spiro atoms. The van der Waals surface area contributed by atoms with Crippen molar-refractivity contribution >= 4 is 0 Å². The molecule has 6 nitrogen and oxygen atoms in total. The molecule has 0 radical (unpaired) electrons. The second-order valence-corrected chi connectivity index (χ2v) is 12.4. The molecular weight excluding hydrogens is 624 g/mol. The van der Waals surface area contributed by atoms with Crippen LogP contribution in [0, 0.1) is 41.5 Å². The van der Waals surface area contributed by atoms with Crippen molar-refractivity contribution in [3.05, 3.63) is 177 Å². The molecule has 0 fully saturated rings. The third-order valence-corrected chi connectivity index (χ3v) is 7.99. The van der Waals surface area contributed by atoms with Gasteiger partial charge in [0.1, 0.15) is 34.5 Å². The van der Waals surface area contributed by atoms with Gasteiger partial charge in [0.05, 0.1) is 0 Å². The summed E-state index contributed by atoms with van der Waals surface area (Å²) in [5, 5.41) is 57.8. The number of hydrogen-bond acceptors (Lipinski definition) is 6. The second kappa shape index (κ2) is 18.6. The van der Waals surface area contributed by atoms with Gasteiger partial charge in [-0.15, -0.1) is 0 Å². The number of phenolic OH excluding ortho intramolecular Hbond substituents is 6. The van der Waals surface area contributed by atoms with Gasteiger partial charge in [-0.2, -0.15) is 0 Å². The smallest absolute Gasteiger partial charge is 0.122 e. The van der Waals surface area contributed by atoms with Crippen LogP contribution in [0.1, 0.15) is 55.6 Å². The lowest BCUT2D eigenvalue weighted by molar-refractivity contribution is 0.456. The highest BCUT2D eigenvalue weighted by Gasteiger charge is 2.14. The summed E-state index contributed by atoms with van der Waals surface area (Å²) in [7, 11) is 0. The molecule has 0 amide bonds. The van der Waals surface area contributed by atoms with E-state index in [0.717, 1.165) is 55.6 Å². The van der Waals surface area contributed by atoms with Gasteiger partial charge in [0.15, 0.2) is 0 Å². The summed E-state index contributed by atoms with van der Waals surface area (Å²) in [4.78, 5) is 0. The lowest BCUT2D eigenvalue weighted by atomic mass is 9.94. The maximum Gasteiger partial charge on any atom is 0.122 e. The highest BCUT2D eigenvalue weighted by Crippen LogP contribution is 2.33. The van der Waals surface area contributed by atoms with Crippen LogP contribution in [0.3, 0.4) is 0 Å². The molecule has 0 aliphatic rings. The van der Waals surface area contributed by atoms with Crippen molar-refractivity contribution in [1.29, 1.82) is 0 Å². The number of rotatable bonds is 4. The molecule has 0 aliphatic heterocycles. The highest BCUT2D eigenvalue weighted by atomic mass is 16.3. The molecule has 6 aromatic rings. The number of para-hydroxylation sites is 3. The van der Waals surface area contributed by atoms with Crippen molar-refractivity contribution < 1.29 is 30.6 Å². The molecule has 260 valence electrons. The van der Waals surface area contributed by atoms with Gasteiger partial charge in [0.25, 0.3) is 0 Å². The summed E-state index contributed by atoms with van der Waals surface area (Å²) < 4.78 is 0. The van der Waals surface area contributed by atoms with Gasteiger partial charge in [-0.05, 0) is 111 Å². The molecule has 6 N–H and O–H groups in total. The SMILES string of the molecule is Cc1ccc(O)c(Cc2cc(C)cc(Cc3cc(C)ccc3O)c2O)c1.Cc1ccccc1O.Cc1ccccc1O.Cc1ccccc1O. The molecule has 0 saturated carbocycles. The molecule has 0 aliphatic carbocycles. The van der Waals surface area contributed by atoms with Crippen LogP contribution in [0.2, 0.25) is 0 Å². The Hall–Kier alpha value is -5.88. The lowest BCUT2D eigenvalue weighted by Gasteiger charge is -2.14. The van der Waals surface area contributed by atoms with E-state index in [9.17, 15) is 15.3 Å². The Balaban J connectivity index is 0.000000226. The zero-order chi connectivity index (χ0) is 36.8. The maximum absolute atomic E-state index is 10.8. The summed E-state index contributed by atoms with van der Waals surface area (Å²) in [5.41, 5.74) is 9.05. The first-order valence-electron chi connectivity index (χ1n) is 16.4. The molecule has 6 rings (SSSR count). The van der Waals surface area contributed by atoms with Crippen molar-refractivity contribution in [2.45, 2.75) is 54.4 Å². The first-order chi connectivity index (χ1) is 23.7. The molecule has 0 saturated heterocycles. The Labute approximate surface area is 295 Å². The lowest BCUT2D eigenvalue weighted by Crippen LogP contribution is -1.97. The Morgan fingerprint density at radius 2 is 0.620 bits per heavy atom. The molecule has 0 unspecified atom stereocenters. The number of aryl methyl sites for hydroxylation is 6. The van der Waals surface area contributed by atoms with Gasteiger partial charge in [-0.3, -0.25) is 0 Å². The topological polar surface area (TPSA) is 121 Å². The minimum atomic E-state index is 0.220. The quantitative estimate of drug-likeness (QED) is 0.111. The Kier molecular flexibility index (Phi) is 14.4. The van der Waals surface area contributed by atoms with Crippen LogP contribution in [-0.2, 0) is 12.8 Å². The van der Waals surface area contributed by atoms with Gasteiger partial charge in [-0.1, -0.05) is 108 Å². The predicted molar refractivity (Wildman–Crippen MR) is 203 cm³/mol. The summed E-state index contributed by atoms with van der Waals surface area (Å²) in [6.07, 6.45) is 0.904. The minimum Gasteiger partial charge on any atom is -0.508 e. The van der Waals surface area contributed by atoms with Crippen LogP contribution in [0.5, 0.6) is 34.5 Å². The van der Waals surface area contributed by atoms with Crippen LogP contribution in [0.25, 0.3) is 0 Å². The van der Waals surface area contributed by atoms with E-state index in [0.29, 0.717) is 30.1 Å². The van der Waals surface area contributed by atoms with E-state index >= 15 is 0 Å². The van der Waals surface area contributed by atoms with Crippen molar-refractivity contribution in [2.24, 2.45) is 0 Å². The van der Waals surface area contributed by atoms with Crippen LogP contribution >= 0.6 is 0 Å². The Morgan fingerprint density at radius 1 is 0.320 bits per heavy atom. The third-order valence-electron chi connectivity index (χ3n) is 7.99. The molecule has 50 heavy (non-hydrogen) atoms. The molecule has 0 bridgehead atoms. The second-order valence-electron chi connectivity index (χ2n) is 12.4. The normalized spacial score (nSPS) is 10.0. The van der Waals surface area contributed by atoms with Gasteiger partial charge >= 0.3 is 0 Å². The largest absolute Gasteiger partial charge is 0.508 e. The average molecular weight is 673 g/mol. The summed E-state index contributed by atoms with van der Waals surface area (Å²) >= 11 is 0. The molecule has 6 heteroatoms. The number of hydrogen-bond donors (Lipinski definition) is 6. The molecular formula is C44H48O6. The minimum absolute atomic E-state index is 0.220. The van der Waals surface area contributed by atoms with Gasteiger partial charge in [0, 0.05) is 12.8 Å². The van der Waals surface area contributed by atoms with Crippen LogP contribution in [0.4, 0.5) is 0 Å². The summed E-state index contributed by atoms with van der Waals surface area (Å²) in [5.74, 6) is 1.79. The standard InChI is InChI=1S/C23H24O3.3C7H8O/c1-14-4-6-21(24)17(8-14)12-19-10-16(3)11-20(23(19)26)13-18-9-15(2)5-7-22(18)25;3*1-6-4-2-3-5-7(6)8/h4-11,24-26H,12-13H2,1-3H3;3*2-5,8H,1H3. The zero-order valence-corrected chi connectivity index (χ0v) is 29.6. The van der Waals surface area contributed by atoms with Gasteiger partial charge in [0.2, 0.25) is 0 Å². The number of aromatic hydroxyl groups is 6. The van der Waals surface area contributed by atoms with Crippen molar-refractivity contribution in [1.82, 2.24) is 0 Å². The fourth-order valence-corrected chi connectivity index (χ4v) is 5.02. The molecule has 0 heterocycles. The van der Waals surface area contributed by atoms with E-state index < -0.39 is 0 Å². The predicted octanol–water partition coefficient (Wildman–Crippen LogP) is 10.0. The first kappa shape index (κ1) is 38.6. The van der Waals surface area contributed by atoms with E-state index in [-0.39, 0.29) is 17.2 Å². The first-order valence-corrected chi connectivity index (χ1v) is 16.4. The van der Waals surface area contributed by atoms with Crippen LogP contribution in [-0.4, -0.2) is 30.6 Å². The monoisotopic (exact) mass is 672 g/mol. The van der Waals surface area contributed by atoms with E-state index in [1.54, 1.807) is 30.3 Å². The fraction of sp³-hybridized carbons (Fsp3) is 0.182. The fourth-order valence-electron chi connectivity index (χ4n) is 5.02. The van der Waals surface area contributed by atoms with Crippen molar-refractivity contribution in [3.8, 4) is 34.5 Å². The molecule has 0 aromatic heterocycles. The number of benzene rings is 6. The number of phenols is 6. The van der Waals surface area contributed by atoms with Gasteiger partial charge in [-0.25, -0.2) is 0 Å².